The Morgan fingerprint density at radius 3 is 2.81 bits per heavy atom. The number of rotatable bonds is 8. The molecule has 6 nitrogen and oxygen atoms in total. The molecule has 1 aromatic carbocycles. The third kappa shape index (κ3) is 5.68. The van der Waals surface area contributed by atoms with Crippen LogP contribution in [0.3, 0.4) is 0 Å². The fraction of sp³-hybridized carbons (Fsp3) is 0.500. The van der Waals surface area contributed by atoms with Crippen LogP contribution in [0.1, 0.15) is 24.8 Å². The highest BCUT2D eigenvalue weighted by Gasteiger charge is 2.16. The van der Waals surface area contributed by atoms with Gasteiger partial charge in [0.15, 0.2) is 0 Å². The zero-order valence-corrected chi connectivity index (χ0v) is 15.5. The molecule has 3 rings (SSSR count). The zero-order valence-electron chi connectivity index (χ0n) is 15.5. The van der Waals surface area contributed by atoms with E-state index in [9.17, 15) is 4.79 Å². The van der Waals surface area contributed by atoms with Gasteiger partial charge >= 0.3 is 0 Å². The molecule has 0 atom stereocenters. The topological polar surface area (TPSA) is 62.2 Å². The van der Waals surface area contributed by atoms with E-state index in [0.717, 1.165) is 30.3 Å². The van der Waals surface area contributed by atoms with E-state index in [1.807, 2.05) is 24.3 Å². The first kappa shape index (κ1) is 18.6. The summed E-state index contributed by atoms with van der Waals surface area (Å²) in [5.74, 6) is 0.773. The van der Waals surface area contributed by atoms with Crippen molar-refractivity contribution < 1.29 is 4.79 Å². The minimum atomic E-state index is -0.0625. The van der Waals surface area contributed by atoms with Crippen molar-refractivity contribution in [2.75, 3.05) is 32.0 Å². The van der Waals surface area contributed by atoms with Gasteiger partial charge in [0.2, 0.25) is 5.91 Å². The summed E-state index contributed by atoms with van der Waals surface area (Å²) in [5, 5.41) is 10.6. The number of carbonyl (C=O) groups excluding carboxylic acids is 1. The van der Waals surface area contributed by atoms with Gasteiger partial charge in [0, 0.05) is 24.6 Å². The van der Waals surface area contributed by atoms with Crippen molar-refractivity contribution in [1.29, 1.82) is 0 Å². The molecule has 0 aliphatic carbocycles. The Morgan fingerprint density at radius 1 is 1.23 bits per heavy atom. The second kappa shape index (κ2) is 9.50. The van der Waals surface area contributed by atoms with Gasteiger partial charge in [-0.05, 0) is 69.6 Å². The number of aromatic nitrogens is 2. The number of nitrogens with one attached hydrogen (secondary N) is 2. The number of nitrogens with zero attached hydrogens (tertiary/aromatic N) is 3. The number of benzene rings is 1. The summed E-state index contributed by atoms with van der Waals surface area (Å²) in [6.45, 7) is 4.45. The van der Waals surface area contributed by atoms with Crippen molar-refractivity contribution in [3.05, 3.63) is 48.3 Å². The molecule has 2 N–H and O–H groups in total. The number of anilines is 1. The first-order chi connectivity index (χ1) is 12.7. The third-order valence-corrected chi connectivity index (χ3v) is 5.04. The van der Waals surface area contributed by atoms with Crippen molar-refractivity contribution in [2.24, 2.45) is 5.92 Å². The quantitative estimate of drug-likeness (QED) is 0.714. The van der Waals surface area contributed by atoms with E-state index in [4.69, 9.17) is 0 Å². The van der Waals surface area contributed by atoms with Crippen molar-refractivity contribution in [1.82, 2.24) is 20.0 Å². The van der Waals surface area contributed by atoms with Crippen LogP contribution in [0, 0.1) is 5.92 Å². The molecule has 26 heavy (non-hydrogen) atoms. The molecule has 1 aromatic heterocycles. The summed E-state index contributed by atoms with van der Waals surface area (Å²) in [7, 11) is 2.20. The number of para-hydroxylation sites is 1. The summed E-state index contributed by atoms with van der Waals surface area (Å²) in [6.07, 6.45) is 7.30. The predicted molar refractivity (Wildman–Crippen MR) is 104 cm³/mol. The van der Waals surface area contributed by atoms with Gasteiger partial charge in [-0.25, -0.2) is 0 Å². The lowest BCUT2D eigenvalue weighted by Crippen LogP contribution is -2.31. The Balaban J connectivity index is 1.44. The van der Waals surface area contributed by atoms with Crippen LogP contribution in [-0.2, 0) is 17.9 Å². The molecule has 0 spiro atoms. The van der Waals surface area contributed by atoms with Crippen molar-refractivity contribution in [3.63, 3.8) is 0 Å². The number of carbonyl (C=O) groups is 1. The van der Waals surface area contributed by atoms with Crippen LogP contribution >= 0.6 is 0 Å². The normalized spacial score (nSPS) is 15.9. The number of amides is 1. The third-order valence-electron chi connectivity index (χ3n) is 5.04. The average Bonchev–Trinajstić information content (AvgIpc) is 3.14. The SMILES string of the molecule is CN1CCC(CCNCc2ccccc2NC(=O)Cn2cccn2)CC1. The summed E-state index contributed by atoms with van der Waals surface area (Å²) in [4.78, 5) is 14.6. The van der Waals surface area contributed by atoms with Gasteiger partial charge in [-0.3, -0.25) is 9.48 Å². The van der Waals surface area contributed by atoms with Gasteiger partial charge in [-0.2, -0.15) is 5.10 Å². The minimum Gasteiger partial charge on any atom is -0.324 e. The molecule has 1 fully saturated rings. The lowest BCUT2D eigenvalue weighted by atomic mass is 9.94. The largest absolute Gasteiger partial charge is 0.324 e. The van der Waals surface area contributed by atoms with E-state index in [1.54, 1.807) is 17.1 Å². The molecule has 0 saturated carbocycles. The molecule has 2 aromatic rings. The van der Waals surface area contributed by atoms with Crippen LogP contribution in [-0.4, -0.2) is 47.3 Å². The second-order valence-corrected chi connectivity index (χ2v) is 7.12. The fourth-order valence-electron chi connectivity index (χ4n) is 3.41. The molecule has 2 heterocycles. The number of hydrogen-bond acceptors (Lipinski definition) is 4. The molecule has 1 aliphatic heterocycles. The monoisotopic (exact) mass is 355 g/mol. The van der Waals surface area contributed by atoms with Crippen molar-refractivity contribution in [2.45, 2.75) is 32.4 Å². The maximum atomic E-state index is 12.2. The molecule has 0 bridgehead atoms. The van der Waals surface area contributed by atoms with Crippen LogP contribution in [0.4, 0.5) is 5.69 Å². The van der Waals surface area contributed by atoms with E-state index >= 15 is 0 Å². The van der Waals surface area contributed by atoms with Crippen LogP contribution < -0.4 is 10.6 Å². The Kier molecular flexibility index (Phi) is 6.80. The van der Waals surface area contributed by atoms with E-state index in [1.165, 1.54) is 32.4 Å². The molecule has 0 unspecified atom stereocenters. The number of piperidine rings is 1. The molecular formula is C20H29N5O. The maximum Gasteiger partial charge on any atom is 0.246 e. The highest BCUT2D eigenvalue weighted by atomic mass is 16.2. The Labute approximate surface area is 155 Å². The molecule has 1 saturated heterocycles. The first-order valence-corrected chi connectivity index (χ1v) is 9.45. The smallest absolute Gasteiger partial charge is 0.246 e. The zero-order chi connectivity index (χ0) is 18.2. The van der Waals surface area contributed by atoms with Gasteiger partial charge < -0.3 is 15.5 Å². The van der Waals surface area contributed by atoms with Crippen LogP contribution in [0.15, 0.2) is 42.7 Å². The van der Waals surface area contributed by atoms with Gasteiger partial charge in [0.05, 0.1) is 0 Å². The number of hydrogen-bond donors (Lipinski definition) is 2. The van der Waals surface area contributed by atoms with E-state index in [0.29, 0.717) is 0 Å². The first-order valence-electron chi connectivity index (χ1n) is 9.45. The minimum absolute atomic E-state index is 0.0625. The Morgan fingerprint density at radius 2 is 2.04 bits per heavy atom. The van der Waals surface area contributed by atoms with Crippen LogP contribution in [0.2, 0.25) is 0 Å². The second-order valence-electron chi connectivity index (χ2n) is 7.12. The van der Waals surface area contributed by atoms with Gasteiger partial charge in [0.25, 0.3) is 0 Å². The van der Waals surface area contributed by atoms with E-state index in [-0.39, 0.29) is 12.5 Å². The molecule has 0 radical (unpaired) electrons. The molecule has 6 heteroatoms. The molecule has 1 aliphatic rings. The number of likely N-dealkylation sites (tertiary alicyclic amines) is 1. The highest BCUT2D eigenvalue weighted by Crippen LogP contribution is 2.19. The summed E-state index contributed by atoms with van der Waals surface area (Å²) in [6, 6.07) is 9.79. The average molecular weight is 355 g/mol. The van der Waals surface area contributed by atoms with E-state index < -0.39 is 0 Å². The van der Waals surface area contributed by atoms with Crippen LogP contribution in [0.5, 0.6) is 0 Å². The molecule has 140 valence electrons. The van der Waals surface area contributed by atoms with Crippen molar-refractivity contribution in [3.8, 4) is 0 Å². The van der Waals surface area contributed by atoms with E-state index in [2.05, 4.69) is 33.7 Å². The summed E-state index contributed by atoms with van der Waals surface area (Å²) < 4.78 is 1.62. The Hall–Kier alpha value is -2.18. The van der Waals surface area contributed by atoms with Gasteiger partial charge in [-0.1, -0.05) is 18.2 Å². The summed E-state index contributed by atoms with van der Waals surface area (Å²) in [5.41, 5.74) is 1.99. The Bertz CT molecular complexity index is 677. The maximum absolute atomic E-state index is 12.2. The predicted octanol–water partition coefficient (Wildman–Crippen LogP) is 2.34. The van der Waals surface area contributed by atoms with Gasteiger partial charge in [-0.15, -0.1) is 0 Å². The standard InChI is InChI=1S/C20H29N5O/c1-24-13-8-17(9-14-24)7-11-21-15-18-5-2-3-6-19(18)23-20(26)16-25-12-4-10-22-25/h2-6,10,12,17,21H,7-9,11,13-16H2,1H3,(H,23,26). The molecular weight excluding hydrogens is 326 g/mol. The lowest BCUT2D eigenvalue weighted by molar-refractivity contribution is -0.116. The molecule has 1 amide bonds. The van der Waals surface area contributed by atoms with Crippen molar-refractivity contribution >= 4 is 11.6 Å². The van der Waals surface area contributed by atoms with Crippen LogP contribution in [0.25, 0.3) is 0 Å². The van der Waals surface area contributed by atoms with Gasteiger partial charge in [0.1, 0.15) is 6.54 Å². The lowest BCUT2D eigenvalue weighted by Gasteiger charge is -2.28. The summed E-state index contributed by atoms with van der Waals surface area (Å²) >= 11 is 0. The fourth-order valence-corrected chi connectivity index (χ4v) is 3.41. The highest BCUT2D eigenvalue weighted by molar-refractivity contribution is 5.91.